The van der Waals surface area contributed by atoms with Crippen molar-refractivity contribution in [2.24, 2.45) is 0 Å². The molecule has 0 N–H and O–H groups in total. The fourth-order valence-electron chi connectivity index (χ4n) is 3.54. The second-order valence-electron chi connectivity index (χ2n) is 7.28. The lowest BCUT2D eigenvalue weighted by Crippen LogP contribution is -2.34. The van der Waals surface area contributed by atoms with E-state index in [1.807, 2.05) is 30.1 Å². The van der Waals surface area contributed by atoms with Crippen molar-refractivity contribution in [2.75, 3.05) is 18.6 Å². The van der Waals surface area contributed by atoms with E-state index in [0.717, 1.165) is 36.1 Å². The maximum absolute atomic E-state index is 12.8. The van der Waals surface area contributed by atoms with Crippen molar-refractivity contribution in [2.45, 2.75) is 50.9 Å². The lowest BCUT2D eigenvalue weighted by molar-refractivity contribution is -0.153. The second kappa shape index (κ2) is 6.21. The number of alkyl halides is 3. The van der Waals surface area contributed by atoms with Crippen molar-refractivity contribution >= 4 is 5.69 Å². The second-order valence-corrected chi connectivity index (χ2v) is 7.28. The number of rotatable bonds is 4. The number of benzene rings is 1. The van der Waals surface area contributed by atoms with Gasteiger partial charge in [-0.3, -0.25) is 4.68 Å². The Kier molecular flexibility index (Phi) is 4.12. The topological polar surface area (TPSA) is 30.3 Å². The zero-order chi connectivity index (χ0) is 18.5. The van der Waals surface area contributed by atoms with Crippen LogP contribution >= 0.6 is 0 Å². The molecule has 2 aliphatic rings. The molecule has 0 radical (unpaired) electrons. The number of hydrogen-bond donors (Lipinski definition) is 0. The fraction of sp³-hybridized carbons (Fsp3) is 0.526. The predicted molar refractivity (Wildman–Crippen MR) is 93.7 cm³/mol. The average Bonchev–Trinajstić information content (AvgIpc) is 3.32. The van der Waals surface area contributed by atoms with Gasteiger partial charge in [-0.25, -0.2) is 0 Å². The minimum absolute atomic E-state index is 0.342. The molecule has 1 fully saturated rings. The first-order chi connectivity index (χ1) is 12.3. The van der Waals surface area contributed by atoms with Crippen molar-refractivity contribution in [1.29, 1.82) is 0 Å². The first-order valence-corrected chi connectivity index (χ1v) is 8.96. The number of anilines is 1. The van der Waals surface area contributed by atoms with Crippen LogP contribution < -0.4 is 9.64 Å². The van der Waals surface area contributed by atoms with Crippen molar-refractivity contribution in [1.82, 2.24) is 9.78 Å². The Morgan fingerprint density at radius 2 is 2.00 bits per heavy atom. The van der Waals surface area contributed by atoms with Crippen LogP contribution in [-0.2, 0) is 6.42 Å². The molecule has 0 saturated heterocycles. The Labute approximate surface area is 150 Å². The van der Waals surface area contributed by atoms with Gasteiger partial charge in [-0.05, 0) is 44.7 Å². The van der Waals surface area contributed by atoms with E-state index in [4.69, 9.17) is 4.74 Å². The van der Waals surface area contributed by atoms with Gasteiger partial charge in [0.1, 0.15) is 5.75 Å². The molecule has 0 spiro atoms. The lowest BCUT2D eigenvalue weighted by atomic mass is 9.93. The summed E-state index contributed by atoms with van der Waals surface area (Å²) in [4.78, 5) is 2.11. The van der Waals surface area contributed by atoms with Crippen molar-refractivity contribution in [3.8, 4) is 16.9 Å². The molecule has 26 heavy (non-hydrogen) atoms. The highest BCUT2D eigenvalue weighted by Gasteiger charge is 2.32. The van der Waals surface area contributed by atoms with Crippen LogP contribution in [0.3, 0.4) is 0 Å². The molecular weight excluding hydrogens is 343 g/mol. The van der Waals surface area contributed by atoms with E-state index in [1.54, 1.807) is 6.20 Å². The molecule has 1 atom stereocenters. The summed E-state index contributed by atoms with van der Waals surface area (Å²) >= 11 is 0. The number of fused-ring (bicyclic) bond motifs is 1. The minimum Gasteiger partial charge on any atom is -0.483 e. The SMILES string of the molecule is CC1CCc2c(ccc(-c3cnn(C4CC4)c3)c2OCC(F)(F)F)N1C. The molecule has 1 aliphatic heterocycles. The summed E-state index contributed by atoms with van der Waals surface area (Å²) in [7, 11) is 1.97. The Bertz CT molecular complexity index is 811. The molecule has 0 amide bonds. The summed E-state index contributed by atoms with van der Waals surface area (Å²) in [5.74, 6) is 0.342. The third kappa shape index (κ3) is 3.27. The first kappa shape index (κ1) is 17.2. The Morgan fingerprint density at radius 3 is 2.69 bits per heavy atom. The molecule has 0 bridgehead atoms. The summed E-state index contributed by atoms with van der Waals surface area (Å²) < 4.78 is 45.7. The monoisotopic (exact) mass is 365 g/mol. The Hall–Kier alpha value is -2.18. The first-order valence-electron chi connectivity index (χ1n) is 8.96. The zero-order valence-corrected chi connectivity index (χ0v) is 14.9. The summed E-state index contributed by atoms with van der Waals surface area (Å²) in [5, 5.41) is 4.37. The standard InChI is InChI=1S/C19H22F3N3O/c1-12-3-6-16-17(24(12)2)8-7-15(18(16)26-11-19(20,21)22)13-9-23-25(10-13)14-4-5-14/h7-10,12,14H,3-6,11H2,1-2H3. The average molecular weight is 365 g/mol. The van der Waals surface area contributed by atoms with Gasteiger partial charge < -0.3 is 9.64 Å². The third-order valence-corrected chi connectivity index (χ3v) is 5.30. The van der Waals surface area contributed by atoms with E-state index in [9.17, 15) is 13.2 Å². The molecule has 2 heterocycles. The number of hydrogen-bond acceptors (Lipinski definition) is 3. The fourth-order valence-corrected chi connectivity index (χ4v) is 3.54. The van der Waals surface area contributed by atoms with Crippen molar-refractivity contribution < 1.29 is 17.9 Å². The van der Waals surface area contributed by atoms with Gasteiger partial charge in [0.2, 0.25) is 0 Å². The van der Waals surface area contributed by atoms with Gasteiger partial charge >= 0.3 is 6.18 Å². The highest BCUT2D eigenvalue weighted by Crippen LogP contribution is 2.43. The largest absolute Gasteiger partial charge is 0.483 e. The minimum atomic E-state index is -4.37. The highest BCUT2D eigenvalue weighted by atomic mass is 19.4. The number of halogens is 3. The molecule has 1 unspecified atom stereocenters. The Balaban J connectivity index is 1.76. The number of nitrogens with zero attached hydrogens (tertiary/aromatic N) is 3. The van der Waals surface area contributed by atoms with Crippen LogP contribution in [0.1, 0.15) is 37.8 Å². The summed E-state index contributed by atoms with van der Waals surface area (Å²) in [6.45, 7) is 0.833. The van der Waals surface area contributed by atoms with Gasteiger partial charge in [0.25, 0.3) is 0 Å². The van der Waals surface area contributed by atoms with Crippen LogP contribution in [0.2, 0.25) is 0 Å². The highest BCUT2D eigenvalue weighted by molar-refractivity contribution is 5.77. The quantitative estimate of drug-likeness (QED) is 0.793. The van der Waals surface area contributed by atoms with Gasteiger partial charge in [0.15, 0.2) is 6.61 Å². The zero-order valence-electron chi connectivity index (χ0n) is 14.9. The van der Waals surface area contributed by atoms with Crippen LogP contribution in [0, 0.1) is 0 Å². The maximum Gasteiger partial charge on any atom is 0.422 e. The molecule has 1 saturated carbocycles. The third-order valence-electron chi connectivity index (χ3n) is 5.30. The molecule has 4 nitrogen and oxygen atoms in total. The summed E-state index contributed by atoms with van der Waals surface area (Å²) in [6, 6.07) is 4.61. The van der Waals surface area contributed by atoms with E-state index in [0.29, 0.717) is 29.8 Å². The lowest BCUT2D eigenvalue weighted by Gasteiger charge is -2.35. The molecule has 2 aromatic rings. The van der Waals surface area contributed by atoms with Gasteiger partial charge in [-0.2, -0.15) is 18.3 Å². The van der Waals surface area contributed by atoms with Crippen molar-refractivity contribution in [3.05, 3.63) is 30.1 Å². The van der Waals surface area contributed by atoms with E-state index >= 15 is 0 Å². The molecule has 1 aliphatic carbocycles. The maximum atomic E-state index is 12.8. The van der Waals surface area contributed by atoms with Gasteiger partial charge in [0, 0.05) is 41.7 Å². The van der Waals surface area contributed by atoms with Gasteiger partial charge in [-0.15, -0.1) is 0 Å². The van der Waals surface area contributed by atoms with Crippen LogP contribution in [-0.4, -0.2) is 35.7 Å². The van der Waals surface area contributed by atoms with Gasteiger partial charge in [-0.1, -0.05) is 0 Å². The molecular formula is C19H22F3N3O. The normalized spacial score (nSPS) is 20.2. The van der Waals surface area contributed by atoms with Crippen LogP contribution in [0.25, 0.3) is 11.1 Å². The number of ether oxygens (including phenoxy) is 1. The molecule has 1 aromatic heterocycles. The smallest absolute Gasteiger partial charge is 0.422 e. The summed E-state index contributed by atoms with van der Waals surface area (Å²) in [6.07, 6.45) is 3.06. The van der Waals surface area contributed by atoms with Crippen LogP contribution in [0.4, 0.5) is 18.9 Å². The van der Waals surface area contributed by atoms with E-state index in [2.05, 4.69) is 16.9 Å². The van der Waals surface area contributed by atoms with Crippen molar-refractivity contribution in [3.63, 3.8) is 0 Å². The summed E-state index contributed by atoms with van der Waals surface area (Å²) in [5.41, 5.74) is 3.28. The number of aromatic nitrogens is 2. The van der Waals surface area contributed by atoms with E-state index < -0.39 is 12.8 Å². The van der Waals surface area contributed by atoms with E-state index in [-0.39, 0.29) is 0 Å². The predicted octanol–water partition coefficient (Wildman–Crippen LogP) is 4.60. The molecule has 4 rings (SSSR count). The molecule has 1 aromatic carbocycles. The van der Waals surface area contributed by atoms with Crippen LogP contribution in [0.5, 0.6) is 5.75 Å². The molecule has 7 heteroatoms. The van der Waals surface area contributed by atoms with Gasteiger partial charge in [0.05, 0.1) is 12.2 Å². The van der Waals surface area contributed by atoms with Crippen LogP contribution in [0.15, 0.2) is 24.5 Å². The van der Waals surface area contributed by atoms with E-state index in [1.165, 1.54) is 0 Å². The molecule has 140 valence electrons. The Morgan fingerprint density at radius 1 is 1.23 bits per heavy atom.